The van der Waals surface area contributed by atoms with E-state index in [-0.39, 0.29) is 16.7 Å². The molecular formula is C13H8BrClFN3. The van der Waals surface area contributed by atoms with Crippen LogP contribution in [-0.4, -0.2) is 9.55 Å². The van der Waals surface area contributed by atoms with Crippen LogP contribution in [0, 0.1) is 5.82 Å². The molecule has 0 saturated carbocycles. The fourth-order valence-corrected chi connectivity index (χ4v) is 2.61. The molecule has 0 spiro atoms. The van der Waals surface area contributed by atoms with Gasteiger partial charge in [0.05, 0.1) is 16.1 Å². The van der Waals surface area contributed by atoms with Gasteiger partial charge in [0, 0.05) is 4.47 Å². The van der Waals surface area contributed by atoms with Crippen LogP contribution in [0.5, 0.6) is 0 Å². The molecule has 0 unspecified atom stereocenters. The van der Waals surface area contributed by atoms with Gasteiger partial charge in [-0.1, -0.05) is 33.6 Å². The maximum Gasteiger partial charge on any atom is 0.206 e. The van der Waals surface area contributed by atoms with Crippen LogP contribution in [0.25, 0.3) is 16.7 Å². The molecule has 3 rings (SSSR count). The summed E-state index contributed by atoms with van der Waals surface area (Å²) < 4.78 is 16.4. The zero-order valence-corrected chi connectivity index (χ0v) is 11.9. The molecule has 0 bridgehead atoms. The highest BCUT2D eigenvalue weighted by Gasteiger charge is 2.16. The summed E-state index contributed by atoms with van der Waals surface area (Å²) in [6.45, 7) is 0. The molecule has 19 heavy (non-hydrogen) atoms. The predicted molar refractivity (Wildman–Crippen MR) is 78.2 cm³/mol. The van der Waals surface area contributed by atoms with Crippen molar-refractivity contribution >= 4 is 44.5 Å². The third kappa shape index (κ3) is 1.99. The van der Waals surface area contributed by atoms with Gasteiger partial charge in [0.25, 0.3) is 0 Å². The van der Waals surface area contributed by atoms with Crippen molar-refractivity contribution in [1.29, 1.82) is 0 Å². The first-order valence-corrected chi connectivity index (χ1v) is 6.63. The smallest absolute Gasteiger partial charge is 0.206 e. The van der Waals surface area contributed by atoms with Gasteiger partial charge in [0.1, 0.15) is 11.5 Å². The van der Waals surface area contributed by atoms with Crippen LogP contribution < -0.4 is 5.73 Å². The molecular weight excluding hydrogens is 333 g/mol. The van der Waals surface area contributed by atoms with Gasteiger partial charge in [0.2, 0.25) is 5.95 Å². The maximum atomic E-state index is 14.0. The van der Waals surface area contributed by atoms with E-state index in [1.165, 1.54) is 10.6 Å². The van der Waals surface area contributed by atoms with Crippen LogP contribution >= 0.6 is 27.5 Å². The Bertz CT molecular complexity index is 765. The minimum absolute atomic E-state index is 0.195. The number of nitrogens with two attached hydrogens (primary N) is 1. The highest BCUT2D eigenvalue weighted by Crippen LogP contribution is 2.31. The first-order chi connectivity index (χ1) is 9.08. The largest absolute Gasteiger partial charge is 0.369 e. The lowest BCUT2D eigenvalue weighted by atomic mass is 10.2. The standard InChI is InChI=1S/C13H8BrClFN3/c14-7-4-5-11-10(6-7)18-13(17)19(11)12-8(15)2-1-3-9(12)16/h1-6H,(H2,17,18). The summed E-state index contributed by atoms with van der Waals surface area (Å²) in [6, 6.07) is 9.97. The second-order valence-electron chi connectivity index (χ2n) is 4.01. The third-order valence-electron chi connectivity index (χ3n) is 2.80. The SMILES string of the molecule is Nc1nc2cc(Br)ccc2n1-c1c(F)cccc1Cl. The molecule has 2 aromatic carbocycles. The van der Waals surface area contributed by atoms with Crippen molar-refractivity contribution in [1.82, 2.24) is 9.55 Å². The van der Waals surface area contributed by atoms with Crippen LogP contribution in [0.2, 0.25) is 5.02 Å². The van der Waals surface area contributed by atoms with Crippen molar-refractivity contribution in [2.45, 2.75) is 0 Å². The molecule has 0 amide bonds. The molecule has 0 aliphatic rings. The van der Waals surface area contributed by atoms with E-state index in [1.807, 2.05) is 18.2 Å². The van der Waals surface area contributed by atoms with Gasteiger partial charge in [-0.05, 0) is 30.3 Å². The van der Waals surface area contributed by atoms with E-state index in [4.69, 9.17) is 17.3 Å². The molecule has 0 aliphatic heterocycles. The fraction of sp³-hybridized carbons (Fsp3) is 0. The summed E-state index contributed by atoms with van der Waals surface area (Å²) in [5, 5.41) is 0.286. The van der Waals surface area contributed by atoms with Crippen LogP contribution in [0.15, 0.2) is 40.9 Å². The van der Waals surface area contributed by atoms with E-state index >= 15 is 0 Å². The Morgan fingerprint density at radius 2 is 2.05 bits per heavy atom. The molecule has 0 saturated heterocycles. The zero-order chi connectivity index (χ0) is 13.6. The number of fused-ring (bicyclic) bond motifs is 1. The summed E-state index contributed by atoms with van der Waals surface area (Å²) in [4.78, 5) is 4.22. The molecule has 0 radical (unpaired) electrons. The fourth-order valence-electron chi connectivity index (χ4n) is 2.01. The number of imidazole rings is 1. The van der Waals surface area contributed by atoms with Crippen molar-refractivity contribution in [3.8, 4) is 5.69 Å². The highest BCUT2D eigenvalue weighted by atomic mass is 79.9. The topological polar surface area (TPSA) is 43.8 Å². The van der Waals surface area contributed by atoms with Crippen molar-refractivity contribution in [2.75, 3.05) is 5.73 Å². The minimum atomic E-state index is -0.443. The second-order valence-corrected chi connectivity index (χ2v) is 5.33. The highest BCUT2D eigenvalue weighted by molar-refractivity contribution is 9.10. The van der Waals surface area contributed by atoms with Crippen LogP contribution in [0.3, 0.4) is 0 Å². The number of nitrogen functional groups attached to an aromatic ring is 1. The van der Waals surface area contributed by atoms with Gasteiger partial charge >= 0.3 is 0 Å². The van der Waals surface area contributed by atoms with Gasteiger partial charge in [-0.2, -0.15) is 0 Å². The quantitative estimate of drug-likeness (QED) is 0.723. The molecule has 0 aliphatic carbocycles. The minimum Gasteiger partial charge on any atom is -0.369 e. The van der Waals surface area contributed by atoms with Gasteiger partial charge in [0.15, 0.2) is 0 Å². The number of hydrogen-bond donors (Lipinski definition) is 1. The monoisotopic (exact) mass is 339 g/mol. The molecule has 3 nitrogen and oxygen atoms in total. The molecule has 6 heteroatoms. The summed E-state index contributed by atoms with van der Waals surface area (Å²) in [6.07, 6.45) is 0. The Labute approximate surface area is 121 Å². The number of nitrogens with zero attached hydrogens (tertiary/aromatic N) is 2. The Balaban J connectivity index is 2.40. The summed E-state index contributed by atoms with van der Waals surface area (Å²) in [5.41, 5.74) is 7.47. The number of benzene rings is 2. The second kappa shape index (κ2) is 4.51. The van der Waals surface area contributed by atoms with E-state index in [2.05, 4.69) is 20.9 Å². The first-order valence-electron chi connectivity index (χ1n) is 5.46. The normalized spacial score (nSPS) is 11.1. The van der Waals surface area contributed by atoms with Crippen LogP contribution in [0.1, 0.15) is 0 Å². The predicted octanol–water partition coefficient (Wildman–Crippen LogP) is 4.16. The average Bonchev–Trinajstić information content (AvgIpc) is 2.65. The van der Waals surface area contributed by atoms with E-state index in [1.54, 1.807) is 12.1 Å². The van der Waals surface area contributed by atoms with E-state index < -0.39 is 5.82 Å². The van der Waals surface area contributed by atoms with Crippen LogP contribution in [-0.2, 0) is 0 Å². The van der Waals surface area contributed by atoms with E-state index in [9.17, 15) is 4.39 Å². The molecule has 96 valence electrons. The first kappa shape index (κ1) is 12.4. The van der Waals surface area contributed by atoms with Crippen molar-refractivity contribution in [2.24, 2.45) is 0 Å². The van der Waals surface area contributed by atoms with Gasteiger partial charge in [-0.3, -0.25) is 4.57 Å². The number of rotatable bonds is 1. The van der Waals surface area contributed by atoms with Gasteiger partial charge in [-0.15, -0.1) is 0 Å². The Hall–Kier alpha value is -1.59. The number of para-hydroxylation sites is 1. The van der Waals surface area contributed by atoms with Crippen molar-refractivity contribution in [3.63, 3.8) is 0 Å². The van der Waals surface area contributed by atoms with E-state index in [0.29, 0.717) is 11.0 Å². The zero-order valence-electron chi connectivity index (χ0n) is 9.57. The molecule has 0 atom stereocenters. The Morgan fingerprint density at radius 3 is 2.79 bits per heavy atom. The number of hydrogen-bond acceptors (Lipinski definition) is 2. The van der Waals surface area contributed by atoms with Gasteiger partial charge < -0.3 is 5.73 Å². The van der Waals surface area contributed by atoms with E-state index in [0.717, 1.165) is 4.47 Å². The number of anilines is 1. The van der Waals surface area contributed by atoms with Crippen LogP contribution in [0.4, 0.5) is 10.3 Å². The summed E-state index contributed by atoms with van der Waals surface area (Å²) >= 11 is 9.43. The van der Waals surface area contributed by atoms with Gasteiger partial charge in [-0.25, -0.2) is 9.37 Å². The number of aromatic nitrogens is 2. The number of halogens is 3. The lowest BCUT2D eigenvalue weighted by Crippen LogP contribution is -2.03. The molecule has 1 heterocycles. The maximum absolute atomic E-state index is 14.0. The molecule has 1 aromatic heterocycles. The molecule has 3 aromatic rings. The summed E-state index contributed by atoms with van der Waals surface area (Å²) in [7, 11) is 0. The lowest BCUT2D eigenvalue weighted by molar-refractivity contribution is 0.620. The molecule has 2 N–H and O–H groups in total. The average molecular weight is 341 g/mol. The Morgan fingerprint density at radius 1 is 1.26 bits per heavy atom. The molecule has 0 fully saturated rings. The lowest BCUT2D eigenvalue weighted by Gasteiger charge is -2.09. The van der Waals surface area contributed by atoms with Crippen molar-refractivity contribution in [3.05, 3.63) is 51.7 Å². The van der Waals surface area contributed by atoms with Crippen molar-refractivity contribution < 1.29 is 4.39 Å². The summed E-state index contributed by atoms with van der Waals surface area (Å²) in [5.74, 6) is -0.249. The Kier molecular flexibility index (Phi) is 2.95. The third-order valence-corrected chi connectivity index (χ3v) is 3.60.